The molecule has 0 unspecified atom stereocenters. The molecule has 3 nitrogen and oxygen atoms in total. The van der Waals surface area contributed by atoms with Gasteiger partial charge in [0, 0.05) is 13.1 Å². The Morgan fingerprint density at radius 1 is 1.08 bits per heavy atom. The second kappa shape index (κ2) is 3.99. The molecule has 0 aromatic carbocycles. The zero-order valence-corrected chi connectivity index (χ0v) is 8.04. The van der Waals surface area contributed by atoms with Gasteiger partial charge < -0.3 is 4.90 Å². The molecule has 1 saturated heterocycles. The van der Waals surface area contributed by atoms with Gasteiger partial charge >= 0.3 is 6.03 Å². The Balaban J connectivity index is 1.74. The fourth-order valence-corrected chi connectivity index (χ4v) is 1.84. The fourth-order valence-electron chi connectivity index (χ4n) is 1.84. The van der Waals surface area contributed by atoms with Crippen LogP contribution in [0.25, 0.3) is 0 Å². The molecule has 73 valence electrons. The number of amides is 2. The van der Waals surface area contributed by atoms with E-state index in [2.05, 4.69) is 5.32 Å². The van der Waals surface area contributed by atoms with Crippen molar-refractivity contribution in [2.24, 2.45) is 0 Å². The standard InChI is InChI=1S/C10H17N2O/c13-10(11-9-5-4-6-9)12-7-2-1-3-8-12/h9H,1-8H2. The first-order chi connectivity index (χ1) is 6.36. The highest BCUT2D eigenvalue weighted by Gasteiger charge is 2.25. The number of hydrogen-bond donors (Lipinski definition) is 0. The minimum Gasteiger partial charge on any atom is -0.323 e. The molecule has 0 aromatic heterocycles. The Labute approximate surface area is 79.5 Å². The van der Waals surface area contributed by atoms with Gasteiger partial charge in [0.25, 0.3) is 0 Å². The molecular formula is C10H17N2O. The number of carbonyl (C=O) groups is 1. The van der Waals surface area contributed by atoms with Crippen molar-refractivity contribution in [2.75, 3.05) is 13.1 Å². The third-order valence-corrected chi connectivity index (χ3v) is 2.99. The van der Waals surface area contributed by atoms with Gasteiger partial charge in [-0.05, 0) is 38.5 Å². The van der Waals surface area contributed by atoms with Crippen LogP contribution < -0.4 is 5.32 Å². The summed E-state index contributed by atoms with van der Waals surface area (Å²) in [6.07, 6.45) is 7.09. The largest absolute Gasteiger partial charge is 0.339 e. The normalized spacial score (nSPS) is 23.8. The van der Waals surface area contributed by atoms with Crippen molar-refractivity contribution in [3.05, 3.63) is 0 Å². The van der Waals surface area contributed by atoms with Crippen molar-refractivity contribution in [3.8, 4) is 0 Å². The molecule has 2 amide bonds. The Morgan fingerprint density at radius 2 is 1.77 bits per heavy atom. The zero-order chi connectivity index (χ0) is 9.10. The molecule has 2 rings (SSSR count). The molecule has 0 aromatic rings. The molecule has 2 aliphatic rings. The van der Waals surface area contributed by atoms with Crippen molar-refractivity contribution in [1.82, 2.24) is 10.2 Å². The van der Waals surface area contributed by atoms with E-state index in [1.165, 1.54) is 12.8 Å². The number of urea groups is 1. The molecule has 2 fully saturated rings. The van der Waals surface area contributed by atoms with Gasteiger partial charge in [0.15, 0.2) is 0 Å². The molecule has 0 N–H and O–H groups in total. The lowest BCUT2D eigenvalue weighted by atomic mass is 9.93. The highest BCUT2D eigenvalue weighted by Crippen LogP contribution is 2.20. The predicted molar refractivity (Wildman–Crippen MR) is 50.6 cm³/mol. The number of carbonyl (C=O) groups excluding carboxylic acids is 1. The molecule has 3 heteroatoms. The van der Waals surface area contributed by atoms with Crippen LogP contribution in [-0.2, 0) is 0 Å². The summed E-state index contributed by atoms with van der Waals surface area (Å²) in [6.45, 7) is 1.85. The zero-order valence-electron chi connectivity index (χ0n) is 8.04. The van der Waals surface area contributed by atoms with E-state index in [1.54, 1.807) is 0 Å². The van der Waals surface area contributed by atoms with Crippen molar-refractivity contribution >= 4 is 6.03 Å². The third kappa shape index (κ3) is 2.14. The van der Waals surface area contributed by atoms with Crippen LogP contribution in [0.3, 0.4) is 0 Å². The molecular weight excluding hydrogens is 164 g/mol. The van der Waals surface area contributed by atoms with Crippen LogP contribution in [0.1, 0.15) is 38.5 Å². The van der Waals surface area contributed by atoms with Gasteiger partial charge in [-0.15, -0.1) is 0 Å². The van der Waals surface area contributed by atoms with E-state index < -0.39 is 0 Å². The Kier molecular flexibility index (Phi) is 2.71. The molecule has 0 spiro atoms. The summed E-state index contributed by atoms with van der Waals surface area (Å²) in [7, 11) is 0. The van der Waals surface area contributed by atoms with E-state index >= 15 is 0 Å². The second-order valence-corrected chi connectivity index (χ2v) is 4.04. The van der Waals surface area contributed by atoms with Crippen LogP contribution in [0.2, 0.25) is 0 Å². The van der Waals surface area contributed by atoms with Crippen LogP contribution in [0, 0.1) is 0 Å². The minimum atomic E-state index is 0.0457. The number of rotatable bonds is 1. The second-order valence-electron chi connectivity index (χ2n) is 4.04. The first-order valence-electron chi connectivity index (χ1n) is 5.36. The van der Waals surface area contributed by atoms with Gasteiger partial charge in [0.05, 0.1) is 6.04 Å². The summed E-state index contributed by atoms with van der Waals surface area (Å²) < 4.78 is 0. The van der Waals surface area contributed by atoms with Gasteiger partial charge in [-0.3, -0.25) is 0 Å². The van der Waals surface area contributed by atoms with Crippen LogP contribution in [-0.4, -0.2) is 30.1 Å². The highest BCUT2D eigenvalue weighted by atomic mass is 16.2. The van der Waals surface area contributed by atoms with E-state index in [0.717, 1.165) is 38.8 Å². The molecule has 0 bridgehead atoms. The smallest absolute Gasteiger partial charge is 0.323 e. The first kappa shape index (κ1) is 8.85. The van der Waals surface area contributed by atoms with Gasteiger partial charge in [0.1, 0.15) is 0 Å². The average Bonchev–Trinajstić information content (AvgIpc) is 2.12. The number of nitrogens with zero attached hydrogens (tertiary/aromatic N) is 2. The van der Waals surface area contributed by atoms with Gasteiger partial charge in [-0.25, -0.2) is 10.1 Å². The van der Waals surface area contributed by atoms with E-state index in [9.17, 15) is 4.79 Å². The van der Waals surface area contributed by atoms with Gasteiger partial charge in [-0.2, -0.15) is 0 Å². The Morgan fingerprint density at radius 3 is 2.31 bits per heavy atom. The lowest BCUT2D eigenvalue weighted by molar-refractivity contribution is 0.174. The maximum absolute atomic E-state index is 11.6. The number of hydrogen-bond acceptors (Lipinski definition) is 1. The summed E-state index contributed by atoms with van der Waals surface area (Å²) in [5, 5.41) is 4.19. The van der Waals surface area contributed by atoms with Gasteiger partial charge in [-0.1, -0.05) is 0 Å². The summed E-state index contributed by atoms with van der Waals surface area (Å²) >= 11 is 0. The summed E-state index contributed by atoms with van der Waals surface area (Å²) in [4.78, 5) is 13.5. The minimum absolute atomic E-state index is 0.0457. The fraction of sp³-hybridized carbons (Fsp3) is 0.900. The predicted octanol–water partition coefficient (Wildman–Crippen LogP) is 1.75. The highest BCUT2D eigenvalue weighted by molar-refractivity contribution is 5.74. The average molecular weight is 181 g/mol. The monoisotopic (exact) mass is 181 g/mol. The van der Waals surface area contributed by atoms with E-state index in [4.69, 9.17) is 0 Å². The van der Waals surface area contributed by atoms with Crippen molar-refractivity contribution in [3.63, 3.8) is 0 Å². The van der Waals surface area contributed by atoms with E-state index in [0.29, 0.717) is 6.04 Å². The maximum atomic E-state index is 11.6. The maximum Gasteiger partial charge on any atom is 0.339 e. The topological polar surface area (TPSA) is 34.4 Å². The molecule has 0 atom stereocenters. The van der Waals surface area contributed by atoms with Crippen molar-refractivity contribution < 1.29 is 4.79 Å². The van der Waals surface area contributed by atoms with Crippen LogP contribution in [0.4, 0.5) is 4.79 Å². The Bertz CT molecular complexity index is 183. The lowest BCUT2D eigenvalue weighted by Crippen LogP contribution is -2.44. The van der Waals surface area contributed by atoms with E-state index in [1.807, 2.05) is 4.90 Å². The van der Waals surface area contributed by atoms with Crippen molar-refractivity contribution in [1.29, 1.82) is 0 Å². The molecule has 1 heterocycles. The quantitative estimate of drug-likeness (QED) is 0.607. The summed E-state index contributed by atoms with van der Waals surface area (Å²) in [6, 6.07) is 0.402. The van der Waals surface area contributed by atoms with Crippen LogP contribution >= 0.6 is 0 Å². The van der Waals surface area contributed by atoms with Gasteiger partial charge in [0.2, 0.25) is 0 Å². The van der Waals surface area contributed by atoms with Crippen molar-refractivity contribution in [2.45, 2.75) is 44.6 Å². The third-order valence-electron chi connectivity index (χ3n) is 2.99. The number of piperidine rings is 1. The summed E-state index contributed by atoms with van der Waals surface area (Å²) in [5.41, 5.74) is 0. The first-order valence-corrected chi connectivity index (χ1v) is 5.36. The van der Waals surface area contributed by atoms with Crippen LogP contribution in [0.5, 0.6) is 0 Å². The molecule has 1 radical (unpaired) electrons. The molecule has 1 saturated carbocycles. The van der Waals surface area contributed by atoms with Crippen LogP contribution in [0.15, 0.2) is 0 Å². The Hall–Kier alpha value is -0.730. The summed E-state index contributed by atoms with van der Waals surface area (Å²) in [5.74, 6) is 0. The molecule has 13 heavy (non-hydrogen) atoms. The van der Waals surface area contributed by atoms with E-state index in [-0.39, 0.29) is 6.03 Å². The lowest BCUT2D eigenvalue weighted by Gasteiger charge is -2.30. The number of likely N-dealkylation sites (tertiary alicyclic amines) is 1. The molecule has 1 aliphatic carbocycles. The molecule has 1 aliphatic heterocycles. The SMILES string of the molecule is O=C([N]C1CCC1)N1CCCCC1.